The van der Waals surface area contributed by atoms with Gasteiger partial charge in [-0.3, -0.25) is 0 Å². The maximum Gasteiger partial charge on any atom is 0.330 e. The molecule has 2 aromatic heterocycles. The second kappa shape index (κ2) is 5.86. The van der Waals surface area contributed by atoms with Crippen LogP contribution >= 0.6 is 31.9 Å². The van der Waals surface area contributed by atoms with Crippen LogP contribution in [0.25, 0.3) is 22.6 Å². The van der Waals surface area contributed by atoms with E-state index in [9.17, 15) is 0 Å². The van der Waals surface area contributed by atoms with Gasteiger partial charge >= 0.3 is 5.65 Å². The molecule has 0 saturated heterocycles. The van der Waals surface area contributed by atoms with Crippen LogP contribution < -0.4 is 4.52 Å². The van der Waals surface area contributed by atoms with Gasteiger partial charge < -0.3 is 0 Å². The molecule has 4 aromatic rings. The number of halogens is 2. The van der Waals surface area contributed by atoms with Crippen LogP contribution in [0.15, 0.2) is 75.9 Å². The Balaban J connectivity index is 2.01. The molecule has 0 aliphatic carbocycles. The van der Waals surface area contributed by atoms with Crippen molar-refractivity contribution in [1.82, 2.24) is 14.9 Å². The number of hydrogen-bond acceptors (Lipinski definition) is 2. The fourth-order valence-corrected chi connectivity index (χ4v) is 3.00. The molecular weight excluding hydrogens is 420 g/mol. The lowest BCUT2D eigenvalue weighted by atomic mass is 10.2. The Morgan fingerprint density at radius 3 is 2.35 bits per heavy atom. The summed E-state index contributed by atoms with van der Waals surface area (Å²) in [6, 6.07) is 18.1. The average molecular weight is 431 g/mol. The number of nitrogens with zero attached hydrogens (tertiary/aromatic N) is 4. The molecule has 112 valence electrons. The fraction of sp³-hybridized carbons (Fsp3) is 0. The Bertz CT molecular complexity index is 979. The third-order valence-corrected chi connectivity index (χ3v) is 4.43. The van der Waals surface area contributed by atoms with Crippen LogP contribution in [0.1, 0.15) is 0 Å². The summed E-state index contributed by atoms with van der Waals surface area (Å²) in [5.74, 6) is 0. The molecule has 2 heterocycles. The van der Waals surface area contributed by atoms with Crippen LogP contribution in [-0.2, 0) is 0 Å². The predicted molar refractivity (Wildman–Crippen MR) is 95.4 cm³/mol. The Labute approximate surface area is 149 Å². The SMILES string of the molecule is Brc1ccc(-n2nc(-c3ccccc3)c3ncc(Br)c[n+]32)cc1. The molecule has 4 rings (SSSR count). The average Bonchev–Trinajstić information content (AvgIpc) is 2.95. The van der Waals surface area contributed by atoms with Gasteiger partial charge in [0.2, 0.25) is 5.69 Å². The zero-order valence-corrected chi connectivity index (χ0v) is 15.1. The summed E-state index contributed by atoms with van der Waals surface area (Å²) >= 11 is 6.95. The van der Waals surface area contributed by atoms with Crippen LogP contribution in [-0.4, -0.2) is 14.9 Å². The van der Waals surface area contributed by atoms with E-state index in [4.69, 9.17) is 5.10 Å². The minimum atomic E-state index is 0.808. The van der Waals surface area contributed by atoms with Crippen molar-refractivity contribution in [2.75, 3.05) is 0 Å². The van der Waals surface area contributed by atoms with E-state index in [-0.39, 0.29) is 0 Å². The molecule has 0 atom stereocenters. The van der Waals surface area contributed by atoms with Crippen molar-refractivity contribution >= 4 is 37.5 Å². The van der Waals surface area contributed by atoms with Crippen molar-refractivity contribution in [3.8, 4) is 16.9 Å². The van der Waals surface area contributed by atoms with Gasteiger partial charge in [0, 0.05) is 10.0 Å². The summed E-state index contributed by atoms with van der Waals surface area (Å²) in [6.07, 6.45) is 3.75. The Hall–Kier alpha value is -2.05. The minimum Gasteiger partial charge on any atom is -0.125 e. The van der Waals surface area contributed by atoms with E-state index in [0.717, 1.165) is 31.5 Å². The van der Waals surface area contributed by atoms with Gasteiger partial charge in [0.25, 0.3) is 0 Å². The van der Waals surface area contributed by atoms with E-state index in [2.05, 4.69) is 36.8 Å². The zero-order valence-electron chi connectivity index (χ0n) is 11.9. The highest BCUT2D eigenvalue weighted by molar-refractivity contribution is 9.10. The van der Waals surface area contributed by atoms with E-state index in [1.54, 1.807) is 6.20 Å². The van der Waals surface area contributed by atoms with Crippen LogP contribution in [0.5, 0.6) is 0 Å². The van der Waals surface area contributed by atoms with Crippen molar-refractivity contribution in [2.24, 2.45) is 0 Å². The first-order valence-electron chi connectivity index (χ1n) is 7.00. The van der Waals surface area contributed by atoms with Crippen molar-refractivity contribution in [2.45, 2.75) is 0 Å². The molecule has 6 heteroatoms. The van der Waals surface area contributed by atoms with Crippen LogP contribution in [0.3, 0.4) is 0 Å². The normalized spacial score (nSPS) is 11.0. The van der Waals surface area contributed by atoms with E-state index in [1.165, 1.54) is 0 Å². The highest BCUT2D eigenvalue weighted by Crippen LogP contribution is 2.21. The molecule has 0 amide bonds. The lowest BCUT2D eigenvalue weighted by molar-refractivity contribution is -0.606. The number of fused-ring (bicyclic) bond motifs is 1. The van der Waals surface area contributed by atoms with Crippen LogP contribution in [0, 0.1) is 0 Å². The van der Waals surface area contributed by atoms with Crippen molar-refractivity contribution < 1.29 is 4.52 Å². The minimum absolute atomic E-state index is 0.808. The van der Waals surface area contributed by atoms with Crippen molar-refractivity contribution in [3.63, 3.8) is 0 Å². The lowest BCUT2D eigenvalue weighted by Crippen LogP contribution is -2.32. The Kier molecular flexibility index (Phi) is 3.71. The Morgan fingerprint density at radius 1 is 0.870 bits per heavy atom. The molecule has 4 nitrogen and oxygen atoms in total. The van der Waals surface area contributed by atoms with Gasteiger partial charge in [0.15, 0.2) is 0 Å². The van der Waals surface area contributed by atoms with Gasteiger partial charge in [-0.15, -0.1) is 9.50 Å². The quantitative estimate of drug-likeness (QED) is 0.446. The van der Waals surface area contributed by atoms with E-state index < -0.39 is 0 Å². The van der Waals surface area contributed by atoms with Crippen LogP contribution in [0.4, 0.5) is 0 Å². The third kappa shape index (κ3) is 2.68. The molecule has 0 fully saturated rings. The highest BCUT2D eigenvalue weighted by Gasteiger charge is 2.22. The van der Waals surface area contributed by atoms with E-state index >= 15 is 0 Å². The molecule has 0 unspecified atom stereocenters. The summed E-state index contributed by atoms with van der Waals surface area (Å²) in [6.45, 7) is 0. The Morgan fingerprint density at radius 2 is 1.61 bits per heavy atom. The fourth-order valence-electron chi connectivity index (χ4n) is 2.43. The molecule has 2 aromatic carbocycles. The molecule has 0 radical (unpaired) electrons. The summed E-state index contributed by atoms with van der Waals surface area (Å²) in [7, 11) is 0. The number of rotatable bonds is 2. The first-order chi connectivity index (χ1) is 11.2. The summed E-state index contributed by atoms with van der Waals surface area (Å²) < 4.78 is 3.87. The van der Waals surface area contributed by atoms with Crippen LogP contribution in [0.2, 0.25) is 0 Å². The molecule has 0 N–H and O–H groups in total. The monoisotopic (exact) mass is 429 g/mol. The molecule has 0 aliphatic rings. The number of benzene rings is 2. The van der Waals surface area contributed by atoms with Gasteiger partial charge in [-0.25, -0.2) is 0 Å². The zero-order chi connectivity index (χ0) is 15.8. The summed E-state index contributed by atoms with van der Waals surface area (Å²) in [5, 5.41) is 4.78. The maximum atomic E-state index is 4.78. The van der Waals surface area contributed by atoms with Gasteiger partial charge in [0.05, 0.1) is 4.47 Å². The van der Waals surface area contributed by atoms with Gasteiger partial charge in [-0.1, -0.05) is 51.1 Å². The van der Waals surface area contributed by atoms with Gasteiger partial charge in [-0.05, 0) is 45.3 Å². The van der Waals surface area contributed by atoms with Crippen molar-refractivity contribution in [1.29, 1.82) is 0 Å². The molecule has 0 bridgehead atoms. The van der Waals surface area contributed by atoms with E-state index in [1.807, 2.05) is 70.1 Å². The molecule has 0 aliphatic heterocycles. The maximum absolute atomic E-state index is 4.78. The molecule has 23 heavy (non-hydrogen) atoms. The lowest BCUT2D eigenvalue weighted by Gasteiger charge is -1.98. The smallest absolute Gasteiger partial charge is 0.125 e. The first kappa shape index (κ1) is 14.5. The number of hydrogen-bond donors (Lipinski definition) is 0. The molecule has 0 spiro atoms. The first-order valence-corrected chi connectivity index (χ1v) is 8.58. The summed E-state index contributed by atoms with van der Waals surface area (Å²) in [5.41, 5.74) is 3.66. The number of aromatic nitrogens is 4. The van der Waals surface area contributed by atoms with Crippen molar-refractivity contribution in [3.05, 3.63) is 75.9 Å². The van der Waals surface area contributed by atoms with Gasteiger partial charge in [0.1, 0.15) is 18.1 Å². The summed E-state index contributed by atoms with van der Waals surface area (Å²) in [4.78, 5) is 6.39. The largest absolute Gasteiger partial charge is 0.330 e. The van der Waals surface area contributed by atoms with Gasteiger partial charge in [-0.2, -0.15) is 0 Å². The second-order valence-corrected chi connectivity index (χ2v) is 6.85. The molecular formula is C17H11Br2N4+. The highest BCUT2D eigenvalue weighted by atomic mass is 79.9. The topological polar surface area (TPSA) is 34.8 Å². The molecule has 0 saturated carbocycles. The predicted octanol–water partition coefficient (Wildman–Crippen LogP) is 4.20. The van der Waals surface area contributed by atoms with E-state index in [0.29, 0.717) is 0 Å². The second-order valence-electron chi connectivity index (χ2n) is 5.02. The third-order valence-electron chi connectivity index (χ3n) is 3.49. The standard InChI is InChI=1S/C17H11Br2N4/c18-13-6-8-15(9-7-13)23-21-16(12-4-2-1-3-5-12)17-20-10-14(19)11-22(17)23/h1-11H/q+1.